The number of halogens is 2. The van der Waals surface area contributed by atoms with Crippen molar-refractivity contribution in [2.45, 2.75) is 83.1 Å². The minimum absolute atomic E-state index is 0.946. The van der Waals surface area contributed by atoms with Crippen molar-refractivity contribution in [1.82, 2.24) is 0 Å². The Bertz CT molecular complexity index is 793. The molecule has 2 aliphatic heterocycles. The zero-order chi connectivity index (χ0) is 26.7. The van der Waals surface area contributed by atoms with Gasteiger partial charge in [0.05, 0.1) is 0 Å². The van der Waals surface area contributed by atoms with Gasteiger partial charge in [0.1, 0.15) is 0 Å². The minimum atomic E-state index is -1.86. The van der Waals surface area contributed by atoms with Gasteiger partial charge in [0.2, 0.25) is 0 Å². The number of allylic oxidation sites excluding steroid dienone is 4. The Kier molecular flexibility index (Phi) is 11.7. The molecule has 34 heavy (non-hydrogen) atoms. The standard InChI is InChI=1S/2C14H28BrP2/c2*1-7-16(8-2)11-14(6)17(15,9-3,10-4)12-13(16)5/h2*11-12H,7-10H2,1-6H3/q2*+1. The van der Waals surface area contributed by atoms with E-state index < -0.39 is 25.1 Å². The molecule has 6 heteroatoms. The van der Waals surface area contributed by atoms with Crippen molar-refractivity contribution in [3.63, 3.8) is 0 Å². The van der Waals surface area contributed by atoms with Gasteiger partial charge in [-0.2, -0.15) is 0 Å². The topological polar surface area (TPSA) is 0 Å². The molecule has 0 aliphatic carbocycles. The molecule has 0 saturated carbocycles. The molecular weight excluding hydrogens is 620 g/mol. The Morgan fingerprint density at radius 2 is 0.765 bits per heavy atom. The first kappa shape index (κ1) is 33.7. The van der Waals surface area contributed by atoms with Crippen LogP contribution in [-0.4, -0.2) is 49.3 Å². The summed E-state index contributed by atoms with van der Waals surface area (Å²) in [5.41, 5.74) is 0. The molecule has 2 aliphatic rings. The molecule has 0 aromatic rings. The summed E-state index contributed by atoms with van der Waals surface area (Å²) in [5, 5.41) is 3.02. The third-order valence-corrected chi connectivity index (χ3v) is 41.7. The second-order valence-electron chi connectivity index (χ2n) is 10.6. The van der Waals surface area contributed by atoms with Crippen molar-refractivity contribution in [2.75, 3.05) is 49.3 Å². The second-order valence-corrected chi connectivity index (χ2v) is 40.1. The molecule has 0 saturated heterocycles. The SMILES string of the molecule is CC[P+]1(CC)C=C(C)P(Br)(CC)(CC)C=C1C.CC[P+]1(CC)C=C(C)P(Br)(CC)(CC)C=C1C. The van der Waals surface area contributed by atoms with Gasteiger partial charge in [-0.25, -0.2) is 0 Å². The molecule has 0 bridgehead atoms. The van der Waals surface area contributed by atoms with Crippen LogP contribution in [0.1, 0.15) is 83.1 Å². The van der Waals surface area contributed by atoms with Crippen LogP contribution in [-0.2, 0) is 0 Å². The predicted octanol–water partition coefficient (Wildman–Crippen LogP) is 13.4. The van der Waals surface area contributed by atoms with Crippen molar-refractivity contribution < 1.29 is 0 Å². The normalized spacial score (nSPS) is 27.6. The average Bonchev–Trinajstić information content (AvgIpc) is 2.84. The van der Waals surface area contributed by atoms with E-state index in [0.717, 1.165) is 0 Å². The van der Waals surface area contributed by atoms with Crippen molar-refractivity contribution in [1.29, 1.82) is 0 Å². The molecular formula is C28H56Br2P4+2. The Hall–Kier alpha value is 1.64. The summed E-state index contributed by atoms with van der Waals surface area (Å²) >= 11 is 8.44. The summed E-state index contributed by atoms with van der Waals surface area (Å²) < 4.78 is 0. The Morgan fingerprint density at radius 1 is 0.529 bits per heavy atom. The van der Waals surface area contributed by atoms with E-state index in [2.05, 4.69) is 137 Å². The van der Waals surface area contributed by atoms with Crippen LogP contribution in [0.5, 0.6) is 0 Å². The van der Waals surface area contributed by atoms with Gasteiger partial charge in [-0.15, -0.1) is 0 Å². The fraction of sp³-hybridized carbons (Fsp3) is 0.714. The number of rotatable bonds is 8. The number of hydrogen-bond acceptors (Lipinski definition) is 0. The summed E-state index contributed by atoms with van der Waals surface area (Å²) in [7, 11) is -1.89. The molecule has 2 rings (SSSR count). The Balaban J connectivity index is 0.000000340. The third-order valence-electron chi connectivity index (χ3n) is 9.90. The molecule has 0 unspecified atom stereocenters. The molecule has 0 nitrogen and oxygen atoms in total. The molecule has 2 heterocycles. The van der Waals surface area contributed by atoms with Crippen LogP contribution in [0.2, 0.25) is 0 Å². The maximum absolute atomic E-state index is 4.22. The summed E-state index contributed by atoms with van der Waals surface area (Å²) in [6, 6.07) is 0. The van der Waals surface area contributed by atoms with Crippen LogP contribution < -0.4 is 0 Å². The molecule has 0 aromatic carbocycles. The number of hydrogen-bond donors (Lipinski definition) is 0. The van der Waals surface area contributed by atoms with E-state index in [9.17, 15) is 0 Å². The first-order valence-corrected chi connectivity index (χ1v) is 27.5. The van der Waals surface area contributed by atoms with E-state index in [1.165, 1.54) is 49.3 Å². The van der Waals surface area contributed by atoms with E-state index in [-0.39, 0.29) is 0 Å². The van der Waals surface area contributed by atoms with Crippen LogP contribution in [0.25, 0.3) is 0 Å². The van der Waals surface area contributed by atoms with E-state index in [1.807, 2.05) is 0 Å². The monoisotopic (exact) mass is 674 g/mol. The quantitative estimate of drug-likeness (QED) is 0.225. The van der Waals surface area contributed by atoms with E-state index in [0.29, 0.717) is 0 Å². The van der Waals surface area contributed by atoms with Crippen LogP contribution in [0.15, 0.2) is 44.5 Å². The van der Waals surface area contributed by atoms with Crippen molar-refractivity contribution in [3.05, 3.63) is 44.5 Å². The van der Waals surface area contributed by atoms with E-state index >= 15 is 0 Å². The van der Waals surface area contributed by atoms with Crippen LogP contribution in [0.4, 0.5) is 0 Å². The van der Waals surface area contributed by atoms with Gasteiger partial charge >= 0.3 is 233 Å². The van der Waals surface area contributed by atoms with E-state index in [1.54, 1.807) is 21.3 Å². The molecule has 0 fully saturated rings. The van der Waals surface area contributed by atoms with Gasteiger partial charge in [0.15, 0.2) is 0 Å². The zero-order valence-electron chi connectivity index (χ0n) is 24.5. The molecule has 0 aromatic heterocycles. The average molecular weight is 676 g/mol. The second kappa shape index (κ2) is 11.8. The van der Waals surface area contributed by atoms with Crippen molar-refractivity contribution in [2.24, 2.45) is 0 Å². The van der Waals surface area contributed by atoms with Crippen LogP contribution in [0.3, 0.4) is 0 Å². The van der Waals surface area contributed by atoms with E-state index in [4.69, 9.17) is 0 Å². The van der Waals surface area contributed by atoms with Gasteiger partial charge < -0.3 is 0 Å². The summed E-state index contributed by atoms with van der Waals surface area (Å²) in [5.74, 6) is 10.8. The van der Waals surface area contributed by atoms with Gasteiger partial charge in [-0.1, -0.05) is 0 Å². The first-order valence-electron chi connectivity index (χ1n) is 13.6. The molecule has 0 spiro atoms. The third kappa shape index (κ3) is 5.65. The Morgan fingerprint density at radius 3 is 0.941 bits per heavy atom. The van der Waals surface area contributed by atoms with Crippen molar-refractivity contribution >= 4 is 56.1 Å². The fourth-order valence-corrected chi connectivity index (χ4v) is 28.8. The molecule has 0 radical (unpaired) electrons. The zero-order valence-corrected chi connectivity index (χ0v) is 31.3. The fourth-order valence-electron chi connectivity index (χ4n) is 6.10. The van der Waals surface area contributed by atoms with Crippen LogP contribution in [0, 0.1) is 0 Å². The van der Waals surface area contributed by atoms with Gasteiger partial charge in [-0.3, -0.25) is 0 Å². The predicted molar refractivity (Wildman–Crippen MR) is 185 cm³/mol. The molecule has 0 atom stereocenters. The summed E-state index contributed by atoms with van der Waals surface area (Å²) in [6.07, 6.45) is 10.4. The Labute approximate surface area is 231 Å². The first-order chi connectivity index (χ1) is 15.6. The maximum atomic E-state index is 4.22. The van der Waals surface area contributed by atoms with Gasteiger partial charge in [0, 0.05) is 0 Å². The van der Waals surface area contributed by atoms with Gasteiger partial charge in [-0.05, 0) is 0 Å². The van der Waals surface area contributed by atoms with Crippen molar-refractivity contribution in [3.8, 4) is 0 Å². The molecule has 200 valence electrons. The van der Waals surface area contributed by atoms with Gasteiger partial charge in [0.25, 0.3) is 0 Å². The molecule has 0 amide bonds. The summed E-state index contributed by atoms with van der Waals surface area (Å²) in [4.78, 5) is 0. The van der Waals surface area contributed by atoms with Crippen LogP contribution >= 0.6 is 56.1 Å². The molecule has 0 N–H and O–H groups in total. The summed E-state index contributed by atoms with van der Waals surface area (Å²) in [6.45, 7) is 28.4.